The highest BCUT2D eigenvalue weighted by atomic mass is 19.4. The molecule has 40 heavy (non-hydrogen) atoms. The molecule has 1 amide bonds. The maximum absolute atomic E-state index is 12.2. The van der Waals surface area contributed by atoms with Crippen LogP contribution in [0.4, 0.5) is 19.1 Å². The SMILES string of the molecule is Nc1nccc(-c2ccc3nc(C4COc5ccc(CC(=O)NC6CC6)cc5C4)[nH]c3c2)n1.O=C(O)C(F)(F)F. The summed E-state index contributed by atoms with van der Waals surface area (Å²) in [5.41, 5.74) is 11.4. The van der Waals surface area contributed by atoms with Crippen LogP contribution in [0.25, 0.3) is 22.3 Å². The Balaban J connectivity index is 0.000000411. The van der Waals surface area contributed by atoms with Gasteiger partial charge >= 0.3 is 12.1 Å². The first-order valence-electron chi connectivity index (χ1n) is 12.5. The average molecular weight is 555 g/mol. The number of anilines is 1. The first kappa shape index (κ1) is 26.9. The van der Waals surface area contributed by atoms with E-state index in [9.17, 15) is 18.0 Å². The molecule has 10 nitrogen and oxygen atoms in total. The summed E-state index contributed by atoms with van der Waals surface area (Å²) in [6.45, 7) is 0.559. The molecule has 2 aliphatic rings. The number of hydrogen-bond acceptors (Lipinski definition) is 7. The van der Waals surface area contributed by atoms with Gasteiger partial charge in [-0.15, -0.1) is 0 Å². The van der Waals surface area contributed by atoms with Crippen LogP contribution < -0.4 is 15.8 Å². The summed E-state index contributed by atoms with van der Waals surface area (Å²) < 4.78 is 37.8. The van der Waals surface area contributed by atoms with E-state index < -0.39 is 12.1 Å². The number of nitrogens with one attached hydrogen (secondary N) is 2. The lowest BCUT2D eigenvalue weighted by molar-refractivity contribution is -0.192. The highest BCUT2D eigenvalue weighted by Crippen LogP contribution is 2.33. The van der Waals surface area contributed by atoms with Crippen molar-refractivity contribution < 1.29 is 32.6 Å². The van der Waals surface area contributed by atoms with Crippen molar-refractivity contribution in [2.45, 2.75) is 43.8 Å². The standard InChI is InChI=1S/C25H24N6O2.C2HF3O2/c26-25-27-8-7-19(31-25)15-2-5-20-21(12-15)30-24(29-20)17-11-16-9-14(1-6-22(16)33-13-17)10-23(32)28-18-3-4-18;3-2(4,5)1(6)7/h1-2,5-9,12,17-18H,3-4,10-11,13H2,(H,28,32)(H,29,30)(H2,26,27,31);(H,6,7). The first-order chi connectivity index (χ1) is 19.0. The van der Waals surface area contributed by atoms with Gasteiger partial charge in [0.05, 0.1) is 35.7 Å². The minimum atomic E-state index is -5.08. The molecule has 1 saturated carbocycles. The van der Waals surface area contributed by atoms with E-state index in [1.165, 1.54) is 0 Å². The van der Waals surface area contributed by atoms with Crippen LogP contribution in [0.15, 0.2) is 48.7 Å². The van der Waals surface area contributed by atoms with E-state index in [-0.39, 0.29) is 17.8 Å². The average Bonchev–Trinajstić information content (AvgIpc) is 3.61. The fourth-order valence-corrected chi connectivity index (χ4v) is 4.34. The third kappa shape index (κ3) is 6.47. The van der Waals surface area contributed by atoms with Crippen LogP contribution in [0.5, 0.6) is 5.75 Å². The number of nitrogens with zero attached hydrogens (tertiary/aromatic N) is 3. The molecule has 1 aliphatic carbocycles. The zero-order chi connectivity index (χ0) is 28.4. The number of fused-ring (bicyclic) bond motifs is 2. The number of carboxylic acid groups (broad SMARTS) is 1. The van der Waals surface area contributed by atoms with Crippen LogP contribution in [-0.2, 0) is 22.4 Å². The number of alkyl halides is 3. The first-order valence-corrected chi connectivity index (χ1v) is 12.5. The van der Waals surface area contributed by atoms with E-state index in [2.05, 4.69) is 26.3 Å². The van der Waals surface area contributed by atoms with Gasteiger partial charge in [0.25, 0.3) is 0 Å². The fourth-order valence-electron chi connectivity index (χ4n) is 4.34. The number of aromatic amines is 1. The Morgan fingerprint density at radius 2 is 1.90 bits per heavy atom. The molecular formula is C27H25F3N6O4. The summed E-state index contributed by atoms with van der Waals surface area (Å²) in [5, 5.41) is 10.2. The van der Waals surface area contributed by atoms with Crippen LogP contribution in [-0.4, -0.2) is 55.7 Å². The highest BCUT2D eigenvalue weighted by molar-refractivity contribution is 5.81. The summed E-state index contributed by atoms with van der Waals surface area (Å²) in [6, 6.07) is 14.3. The number of amides is 1. The van der Waals surface area contributed by atoms with Gasteiger partial charge in [-0.1, -0.05) is 18.2 Å². The Kier molecular flexibility index (Phi) is 7.28. The van der Waals surface area contributed by atoms with Gasteiger partial charge in [0, 0.05) is 17.8 Å². The second-order valence-electron chi connectivity index (χ2n) is 9.63. The molecular weight excluding hydrogens is 529 g/mol. The van der Waals surface area contributed by atoms with Crippen molar-refractivity contribution in [3.63, 3.8) is 0 Å². The van der Waals surface area contributed by atoms with Gasteiger partial charge in [-0.25, -0.2) is 19.7 Å². The van der Waals surface area contributed by atoms with Gasteiger partial charge < -0.3 is 25.9 Å². The van der Waals surface area contributed by atoms with Gasteiger partial charge in [0.15, 0.2) is 0 Å². The smallest absolute Gasteiger partial charge is 0.490 e. The number of carbonyl (C=O) groups is 2. The summed E-state index contributed by atoms with van der Waals surface area (Å²) >= 11 is 0. The van der Waals surface area contributed by atoms with Crippen LogP contribution in [0.3, 0.4) is 0 Å². The Labute approximate surface area is 225 Å². The molecule has 1 unspecified atom stereocenters. The van der Waals surface area contributed by atoms with Gasteiger partial charge in [-0.05, 0) is 54.7 Å². The van der Waals surface area contributed by atoms with E-state index in [1.807, 2.05) is 36.4 Å². The van der Waals surface area contributed by atoms with Crippen molar-refractivity contribution in [2.24, 2.45) is 0 Å². The minimum Gasteiger partial charge on any atom is -0.493 e. The van der Waals surface area contributed by atoms with Crippen LogP contribution in [0.1, 0.15) is 35.7 Å². The molecule has 0 saturated heterocycles. The number of halogens is 3. The van der Waals surface area contributed by atoms with E-state index >= 15 is 0 Å². The number of ether oxygens (including phenoxy) is 1. The maximum atomic E-state index is 12.2. The van der Waals surface area contributed by atoms with Crippen LogP contribution in [0, 0.1) is 0 Å². The van der Waals surface area contributed by atoms with Crippen molar-refractivity contribution in [3.8, 4) is 17.0 Å². The van der Waals surface area contributed by atoms with Crippen molar-refractivity contribution in [1.82, 2.24) is 25.3 Å². The second-order valence-corrected chi connectivity index (χ2v) is 9.63. The number of aliphatic carboxylic acids is 1. The maximum Gasteiger partial charge on any atom is 0.490 e. The van der Waals surface area contributed by atoms with Crippen molar-refractivity contribution in [2.75, 3.05) is 12.3 Å². The number of benzene rings is 2. The predicted molar refractivity (Wildman–Crippen MR) is 138 cm³/mol. The van der Waals surface area contributed by atoms with Crippen molar-refractivity contribution in [1.29, 1.82) is 0 Å². The number of rotatable bonds is 5. The Hall–Kier alpha value is -4.68. The number of carboxylic acids is 1. The number of carbonyl (C=O) groups excluding carboxylic acids is 1. The van der Waals surface area contributed by atoms with Gasteiger partial charge in [-0.2, -0.15) is 13.2 Å². The van der Waals surface area contributed by atoms with Gasteiger partial charge in [-0.3, -0.25) is 4.79 Å². The van der Waals surface area contributed by atoms with E-state index in [0.717, 1.165) is 64.3 Å². The van der Waals surface area contributed by atoms with E-state index in [4.69, 9.17) is 25.4 Å². The number of nitrogen functional groups attached to an aromatic ring is 1. The summed E-state index contributed by atoms with van der Waals surface area (Å²) in [5.74, 6) is -0.528. The molecule has 208 valence electrons. The second kappa shape index (κ2) is 10.8. The van der Waals surface area contributed by atoms with Gasteiger partial charge in [0.2, 0.25) is 11.9 Å². The number of hydrogen-bond donors (Lipinski definition) is 4. The zero-order valence-electron chi connectivity index (χ0n) is 21.0. The number of nitrogens with two attached hydrogens (primary N) is 1. The predicted octanol–water partition coefficient (Wildman–Crippen LogP) is 3.78. The zero-order valence-corrected chi connectivity index (χ0v) is 21.0. The molecule has 1 atom stereocenters. The molecule has 2 aromatic carbocycles. The molecule has 3 heterocycles. The molecule has 0 radical (unpaired) electrons. The number of aromatic nitrogens is 4. The molecule has 1 fully saturated rings. The Morgan fingerprint density at radius 1 is 1.12 bits per heavy atom. The van der Waals surface area contributed by atoms with Crippen molar-refractivity contribution in [3.05, 3.63) is 65.6 Å². The molecule has 1 aliphatic heterocycles. The van der Waals surface area contributed by atoms with Gasteiger partial charge in [0.1, 0.15) is 11.6 Å². The van der Waals surface area contributed by atoms with Crippen molar-refractivity contribution >= 4 is 28.9 Å². The quantitative estimate of drug-likeness (QED) is 0.290. The normalized spacial score (nSPS) is 16.3. The molecule has 13 heteroatoms. The number of imidazole rings is 1. The number of H-pyrrole nitrogens is 1. The minimum absolute atomic E-state index is 0.0873. The molecule has 5 N–H and O–H groups in total. The lowest BCUT2D eigenvalue weighted by Crippen LogP contribution is -2.27. The van der Waals surface area contributed by atoms with E-state index in [0.29, 0.717) is 19.1 Å². The van der Waals surface area contributed by atoms with E-state index in [1.54, 1.807) is 6.20 Å². The molecule has 2 aromatic heterocycles. The largest absolute Gasteiger partial charge is 0.493 e. The topological polar surface area (TPSA) is 156 Å². The monoisotopic (exact) mass is 554 g/mol. The summed E-state index contributed by atoms with van der Waals surface area (Å²) in [4.78, 5) is 37.6. The lowest BCUT2D eigenvalue weighted by Gasteiger charge is -2.24. The molecule has 6 rings (SSSR count). The summed E-state index contributed by atoms with van der Waals surface area (Å²) in [7, 11) is 0. The molecule has 0 bridgehead atoms. The third-order valence-electron chi connectivity index (χ3n) is 6.44. The van der Waals surface area contributed by atoms with Crippen LogP contribution >= 0.6 is 0 Å². The summed E-state index contributed by atoms with van der Waals surface area (Å²) in [6.07, 6.45) is -0.0337. The lowest BCUT2D eigenvalue weighted by atomic mass is 9.94. The Morgan fingerprint density at radius 3 is 2.60 bits per heavy atom. The third-order valence-corrected chi connectivity index (χ3v) is 6.44. The highest BCUT2D eigenvalue weighted by Gasteiger charge is 2.38. The molecule has 0 spiro atoms. The van der Waals surface area contributed by atoms with Crippen LogP contribution in [0.2, 0.25) is 0 Å². The molecule has 4 aromatic rings. The fraction of sp³-hybridized carbons (Fsp3) is 0.296. The Bertz CT molecular complexity index is 1570.